The molecule has 1 amide bonds. The van der Waals surface area contributed by atoms with E-state index in [1.807, 2.05) is 0 Å². The third kappa shape index (κ3) is 4.69. The number of para-hydroxylation sites is 1. The Morgan fingerprint density at radius 3 is 2.88 bits per heavy atom. The Balaban J connectivity index is 1.38. The monoisotopic (exact) mass is 454 g/mol. The minimum atomic E-state index is -0.525. The quantitative estimate of drug-likeness (QED) is 0.171. The molecule has 174 valence electrons. The summed E-state index contributed by atoms with van der Waals surface area (Å²) >= 11 is 0. The van der Waals surface area contributed by atoms with Gasteiger partial charge in [0, 0.05) is 54.2 Å². The number of fused-ring (bicyclic) bond motifs is 2. The highest BCUT2D eigenvalue weighted by Crippen LogP contribution is 2.37. The number of carbonyl (C=O) groups excluding carboxylic acids is 1. The van der Waals surface area contributed by atoms with Gasteiger partial charge in [-0.25, -0.2) is 5.48 Å². The molecular weight excluding hydrogens is 424 g/mol. The van der Waals surface area contributed by atoms with Crippen molar-refractivity contribution in [2.75, 3.05) is 6.54 Å². The molecule has 0 radical (unpaired) electrons. The van der Waals surface area contributed by atoms with Gasteiger partial charge in [-0.05, 0) is 72.2 Å². The van der Waals surface area contributed by atoms with Crippen LogP contribution in [0.15, 0.2) is 67.0 Å². The standard InChI is InChI=1S/C28H30N4O2/c1-19-14-23(29-16-19)18-32(13-12-22-17-30-26-5-3-2-4-24(22)26)27-10-8-21-15-20(6-9-25(21)27)7-11-28(33)31-34/h2-7,9,11,14-17,27,29-30,34H,8,10,12-13,18H2,1H3,(H,31,33). The SMILES string of the molecule is Cc1c[nH]c(CN(CCc2c[nH]c3ccccc23)C2CCc3cc(C=CC(=O)NO)ccc32)c1. The molecule has 6 heteroatoms. The van der Waals surface area contributed by atoms with Crippen LogP contribution in [0.1, 0.15) is 46.0 Å². The Bertz CT molecular complexity index is 1330. The second-order valence-electron chi connectivity index (χ2n) is 9.10. The number of benzene rings is 2. The van der Waals surface area contributed by atoms with Gasteiger partial charge in [-0.1, -0.05) is 36.4 Å². The lowest BCUT2D eigenvalue weighted by Gasteiger charge is -2.29. The average molecular weight is 455 g/mol. The van der Waals surface area contributed by atoms with Gasteiger partial charge in [-0.2, -0.15) is 0 Å². The summed E-state index contributed by atoms with van der Waals surface area (Å²) in [5.41, 5.74) is 10.3. The number of nitrogens with zero attached hydrogens (tertiary/aromatic N) is 1. The van der Waals surface area contributed by atoms with Crippen molar-refractivity contribution in [3.8, 4) is 0 Å². The van der Waals surface area contributed by atoms with Crippen LogP contribution >= 0.6 is 0 Å². The van der Waals surface area contributed by atoms with Crippen LogP contribution in [0.4, 0.5) is 0 Å². The molecule has 0 saturated carbocycles. The van der Waals surface area contributed by atoms with Gasteiger partial charge in [-0.3, -0.25) is 14.9 Å². The van der Waals surface area contributed by atoms with Crippen LogP contribution in [0, 0.1) is 6.92 Å². The number of amides is 1. The molecule has 0 aliphatic heterocycles. The fraction of sp³-hybridized carbons (Fsp3) is 0.250. The number of nitrogens with one attached hydrogen (secondary N) is 3. The highest BCUT2D eigenvalue weighted by atomic mass is 16.5. The lowest BCUT2D eigenvalue weighted by atomic mass is 10.0. The zero-order valence-electron chi connectivity index (χ0n) is 19.3. The molecule has 0 saturated heterocycles. The van der Waals surface area contributed by atoms with E-state index >= 15 is 0 Å². The second-order valence-corrected chi connectivity index (χ2v) is 9.10. The highest BCUT2D eigenvalue weighted by Gasteiger charge is 2.28. The molecule has 1 aliphatic carbocycles. The summed E-state index contributed by atoms with van der Waals surface area (Å²) in [7, 11) is 0. The average Bonchev–Trinajstić information content (AvgIpc) is 3.58. The third-order valence-electron chi connectivity index (χ3n) is 6.80. The maximum atomic E-state index is 11.3. The first kappa shape index (κ1) is 22.2. The summed E-state index contributed by atoms with van der Waals surface area (Å²) in [5, 5.41) is 10.0. The minimum absolute atomic E-state index is 0.350. The highest BCUT2D eigenvalue weighted by molar-refractivity contribution is 5.90. The fourth-order valence-electron chi connectivity index (χ4n) is 5.13. The van der Waals surface area contributed by atoms with Gasteiger partial charge in [-0.15, -0.1) is 0 Å². The zero-order valence-corrected chi connectivity index (χ0v) is 19.3. The molecule has 5 rings (SSSR count). The fourth-order valence-corrected chi connectivity index (χ4v) is 5.13. The third-order valence-corrected chi connectivity index (χ3v) is 6.80. The van der Waals surface area contributed by atoms with Crippen molar-refractivity contribution < 1.29 is 10.0 Å². The van der Waals surface area contributed by atoms with E-state index < -0.39 is 5.91 Å². The van der Waals surface area contributed by atoms with Crippen molar-refractivity contribution in [3.05, 3.63) is 101 Å². The smallest absolute Gasteiger partial charge is 0.267 e. The van der Waals surface area contributed by atoms with Gasteiger partial charge in [0.15, 0.2) is 0 Å². The number of hydrogen-bond donors (Lipinski definition) is 4. The molecule has 0 bridgehead atoms. The van der Waals surface area contributed by atoms with Crippen LogP contribution in [-0.4, -0.2) is 32.5 Å². The van der Waals surface area contributed by atoms with Crippen LogP contribution in [-0.2, 0) is 24.2 Å². The number of hydroxylamine groups is 1. The molecule has 1 unspecified atom stereocenters. The van der Waals surface area contributed by atoms with Gasteiger partial charge < -0.3 is 9.97 Å². The maximum absolute atomic E-state index is 11.3. The predicted octanol–water partition coefficient (Wildman–Crippen LogP) is 5.06. The van der Waals surface area contributed by atoms with E-state index in [-0.39, 0.29) is 0 Å². The van der Waals surface area contributed by atoms with Crippen LogP contribution in [0.2, 0.25) is 0 Å². The van der Waals surface area contributed by atoms with E-state index in [2.05, 4.69) is 82.7 Å². The summed E-state index contributed by atoms with van der Waals surface area (Å²) in [6.45, 7) is 3.95. The number of aromatic nitrogens is 2. The van der Waals surface area contributed by atoms with Crippen LogP contribution in [0.5, 0.6) is 0 Å². The maximum Gasteiger partial charge on any atom is 0.267 e. The van der Waals surface area contributed by atoms with E-state index in [0.717, 1.165) is 37.9 Å². The van der Waals surface area contributed by atoms with Gasteiger partial charge >= 0.3 is 0 Å². The van der Waals surface area contributed by atoms with E-state index in [0.29, 0.717) is 6.04 Å². The Hall–Kier alpha value is -3.61. The lowest BCUT2D eigenvalue weighted by molar-refractivity contribution is -0.124. The number of carbonyl (C=O) groups is 1. The Morgan fingerprint density at radius 2 is 2.06 bits per heavy atom. The zero-order chi connectivity index (χ0) is 23.5. The van der Waals surface area contributed by atoms with Gasteiger partial charge in [0.2, 0.25) is 0 Å². The topological polar surface area (TPSA) is 84.2 Å². The van der Waals surface area contributed by atoms with E-state index in [9.17, 15) is 4.79 Å². The summed E-state index contributed by atoms with van der Waals surface area (Å²) in [6.07, 6.45) is 10.4. The van der Waals surface area contributed by atoms with Crippen LogP contribution in [0.25, 0.3) is 17.0 Å². The second kappa shape index (κ2) is 9.71. The van der Waals surface area contributed by atoms with Crippen molar-refractivity contribution in [3.63, 3.8) is 0 Å². The van der Waals surface area contributed by atoms with Crippen molar-refractivity contribution >= 4 is 22.9 Å². The predicted molar refractivity (Wildman–Crippen MR) is 134 cm³/mol. The molecule has 2 heterocycles. The van der Waals surface area contributed by atoms with Crippen molar-refractivity contribution in [2.24, 2.45) is 0 Å². The number of H-pyrrole nitrogens is 2. The van der Waals surface area contributed by atoms with E-state index in [4.69, 9.17) is 5.21 Å². The normalized spacial score (nSPS) is 15.4. The Morgan fingerprint density at radius 1 is 1.18 bits per heavy atom. The summed E-state index contributed by atoms with van der Waals surface area (Å²) < 4.78 is 0. The molecule has 0 spiro atoms. The first-order chi connectivity index (χ1) is 16.6. The van der Waals surface area contributed by atoms with Gasteiger partial charge in [0.25, 0.3) is 5.91 Å². The number of rotatable bonds is 8. The van der Waals surface area contributed by atoms with Crippen molar-refractivity contribution in [1.82, 2.24) is 20.3 Å². The molecular formula is C28H30N4O2. The summed E-state index contributed by atoms with van der Waals surface area (Å²) in [4.78, 5) is 20.8. The lowest BCUT2D eigenvalue weighted by Crippen LogP contribution is -2.29. The number of aromatic amines is 2. The molecule has 6 nitrogen and oxygen atoms in total. The van der Waals surface area contributed by atoms with E-state index in [1.54, 1.807) is 11.6 Å². The summed E-state index contributed by atoms with van der Waals surface area (Å²) in [6, 6.07) is 17.5. The Labute approximate surface area is 199 Å². The summed E-state index contributed by atoms with van der Waals surface area (Å²) in [5.74, 6) is -0.525. The van der Waals surface area contributed by atoms with Crippen LogP contribution < -0.4 is 5.48 Å². The minimum Gasteiger partial charge on any atom is -0.364 e. The molecule has 34 heavy (non-hydrogen) atoms. The molecule has 4 N–H and O–H groups in total. The molecule has 1 atom stereocenters. The molecule has 2 aromatic carbocycles. The molecule has 0 fully saturated rings. The van der Waals surface area contributed by atoms with E-state index in [1.165, 1.54) is 44.9 Å². The largest absolute Gasteiger partial charge is 0.364 e. The van der Waals surface area contributed by atoms with Crippen molar-refractivity contribution in [2.45, 2.75) is 38.8 Å². The van der Waals surface area contributed by atoms with Crippen LogP contribution in [0.3, 0.4) is 0 Å². The first-order valence-corrected chi connectivity index (χ1v) is 11.8. The van der Waals surface area contributed by atoms with Gasteiger partial charge in [0.05, 0.1) is 0 Å². The first-order valence-electron chi connectivity index (χ1n) is 11.8. The molecule has 4 aromatic rings. The molecule has 1 aliphatic rings. The number of aryl methyl sites for hydroxylation is 2. The number of hydrogen-bond acceptors (Lipinski definition) is 3. The Kier molecular flexibility index (Phi) is 6.34. The van der Waals surface area contributed by atoms with Crippen molar-refractivity contribution in [1.29, 1.82) is 0 Å². The molecule has 2 aromatic heterocycles. The van der Waals surface area contributed by atoms with Gasteiger partial charge in [0.1, 0.15) is 0 Å².